The zero-order chi connectivity index (χ0) is 37.5. The molecule has 1 atom stereocenters. The largest absolute Gasteiger partial charge is 0.455 e. The van der Waals surface area contributed by atoms with E-state index in [4.69, 9.17) is 14.4 Å². The van der Waals surface area contributed by atoms with E-state index < -0.39 is 0 Å². The maximum Gasteiger partial charge on any atom is 0.159 e. The van der Waals surface area contributed by atoms with Crippen LogP contribution in [0.5, 0.6) is 0 Å². The Hall–Kier alpha value is -7.28. The summed E-state index contributed by atoms with van der Waals surface area (Å²) in [6.07, 6.45) is -0.273. The second kappa shape index (κ2) is 12.6. The number of aliphatic imine (C=N–C) groups is 2. The molecule has 0 amide bonds. The van der Waals surface area contributed by atoms with Gasteiger partial charge in [0, 0.05) is 58.4 Å². The van der Waals surface area contributed by atoms with Gasteiger partial charge in [-0.1, -0.05) is 133 Å². The monoisotopic (exact) mass is 748 g/mol. The van der Waals surface area contributed by atoms with E-state index in [1.54, 1.807) is 0 Å². The molecule has 0 aliphatic carbocycles. The molecule has 1 N–H and O–H groups in total. The molecule has 0 bridgehead atoms. The van der Waals surface area contributed by atoms with Gasteiger partial charge in [0.15, 0.2) is 5.84 Å². The van der Waals surface area contributed by atoms with Crippen molar-refractivity contribution in [2.75, 3.05) is 0 Å². The predicted octanol–water partition coefficient (Wildman–Crippen LogP) is 13.2. The Labute approximate surface area is 331 Å². The van der Waals surface area contributed by atoms with Crippen molar-refractivity contribution < 1.29 is 4.42 Å². The lowest BCUT2D eigenvalue weighted by atomic mass is 9.99. The first kappa shape index (κ1) is 32.0. The Kier molecular flexibility index (Phi) is 7.09. The average Bonchev–Trinajstić information content (AvgIpc) is 3.96. The first-order valence-corrected chi connectivity index (χ1v) is 20.0. The molecule has 3 aromatic heterocycles. The smallest absolute Gasteiger partial charge is 0.159 e. The van der Waals surface area contributed by atoms with E-state index in [1.165, 1.54) is 47.7 Å². The number of para-hydroxylation sites is 3. The lowest BCUT2D eigenvalue weighted by molar-refractivity contribution is 0.668. The second-order valence-electron chi connectivity index (χ2n) is 14.6. The molecule has 0 fully saturated rings. The molecule has 0 saturated carbocycles. The zero-order valence-electron chi connectivity index (χ0n) is 30.6. The first-order valence-electron chi connectivity index (χ1n) is 19.2. The van der Waals surface area contributed by atoms with Crippen molar-refractivity contribution in [2.24, 2.45) is 9.98 Å². The van der Waals surface area contributed by atoms with Gasteiger partial charge in [-0.15, -0.1) is 11.3 Å². The number of rotatable bonds is 5. The van der Waals surface area contributed by atoms with Crippen LogP contribution in [-0.4, -0.2) is 16.2 Å². The van der Waals surface area contributed by atoms with Crippen molar-refractivity contribution in [3.8, 4) is 16.8 Å². The van der Waals surface area contributed by atoms with Gasteiger partial charge in [0.05, 0.1) is 16.7 Å². The molecule has 12 rings (SSSR count). The van der Waals surface area contributed by atoms with E-state index in [0.717, 1.165) is 55.6 Å². The van der Waals surface area contributed by atoms with Crippen LogP contribution in [0.1, 0.15) is 22.9 Å². The van der Waals surface area contributed by atoms with Crippen molar-refractivity contribution in [1.29, 1.82) is 0 Å². The minimum Gasteiger partial charge on any atom is -0.455 e. The minimum atomic E-state index is -0.273. The average molecular weight is 749 g/mol. The van der Waals surface area contributed by atoms with Crippen LogP contribution in [0.3, 0.4) is 0 Å². The van der Waals surface area contributed by atoms with Gasteiger partial charge in [0.1, 0.15) is 23.2 Å². The Morgan fingerprint density at radius 3 is 2.04 bits per heavy atom. The number of hydrogen-bond acceptors (Lipinski definition) is 5. The van der Waals surface area contributed by atoms with Gasteiger partial charge in [-0.25, -0.2) is 9.98 Å². The highest BCUT2D eigenvalue weighted by atomic mass is 32.1. The fourth-order valence-electron chi connectivity index (χ4n) is 8.64. The van der Waals surface area contributed by atoms with Crippen molar-refractivity contribution in [2.45, 2.75) is 6.17 Å². The maximum atomic E-state index is 6.83. The molecule has 0 spiro atoms. The van der Waals surface area contributed by atoms with E-state index >= 15 is 0 Å². The van der Waals surface area contributed by atoms with Crippen LogP contribution in [0.4, 0.5) is 0 Å². The Morgan fingerprint density at radius 1 is 0.526 bits per heavy atom. The van der Waals surface area contributed by atoms with E-state index in [2.05, 4.69) is 155 Å². The third-order valence-corrected chi connectivity index (χ3v) is 12.4. The van der Waals surface area contributed by atoms with Gasteiger partial charge in [-0.2, -0.15) is 0 Å². The Bertz CT molecular complexity index is 3390. The minimum absolute atomic E-state index is 0.273. The fourth-order valence-corrected chi connectivity index (χ4v) is 9.74. The topological polar surface area (TPSA) is 54.8 Å². The van der Waals surface area contributed by atoms with E-state index in [9.17, 15) is 0 Å². The van der Waals surface area contributed by atoms with Gasteiger partial charge in [-0.3, -0.25) is 0 Å². The second-order valence-corrected chi connectivity index (χ2v) is 15.6. The van der Waals surface area contributed by atoms with Crippen LogP contribution in [0.2, 0.25) is 0 Å². The van der Waals surface area contributed by atoms with E-state index in [1.807, 2.05) is 47.7 Å². The number of nitrogens with zero attached hydrogens (tertiary/aromatic N) is 3. The highest BCUT2D eigenvalue weighted by molar-refractivity contribution is 7.25. The number of nitrogens with one attached hydrogen (secondary N) is 1. The fraction of sp³-hybridized carbons (Fsp3) is 0.0196. The predicted molar refractivity (Wildman–Crippen MR) is 238 cm³/mol. The number of hydrogen-bond donors (Lipinski definition) is 1. The summed E-state index contributed by atoms with van der Waals surface area (Å²) in [5.41, 5.74) is 10.5. The summed E-state index contributed by atoms with van der Waals surface area (Å²) < 4.78 is 11.8. The molecule has 0 saturated heterocycles. The molecule has 6 heteroatoms. The van der Waals surface area contributed by atoms with E-state index in [0.29, 0.717) is 5.84 Å². The van der Waals surface area contributed by atoms with Crippen molar-refractivity contribution in [3.05, 3.63) is 199 Å². The number of fused-ring (bicyclic) bond motifs is 9. The lowest BCUT2D eigenvalue weighted by Crippen LogP contribution is -2.33. The summed E-state index contributed by atoms with van der Waals surface area (Å²) in [5.74, 6) is 1.46. The highest BCUT2D eigenvalue weighted by Crippen LogP contribution is 2.44. The molecular formula is C51H32N4OS. The summed E-state index contributed by atoms with van der Waals surface area (Å²) >= 11 is 1.84. The molecule has 8 aromatic carbocycles. The van der Waals surface area contributed by atoms with Gasteiger partial charge < -0.3 is 14.3 Å². The van der Waals surface area contributed by atoms with Crippen molar-refractivity contribution in [1.82, 2.24) is 9.88 Å². The molecule has 5 nitrogen and oxygen atoms in total. The Balaban J connectivity index is 1.00. The van der Waals surface area contributed by atoms with Crippen molar-refractivity contribution >= 4 is 86.9 Å². The third-order valence-electron chi connectivity index (χ3n) is 11.3. The maximum absolute atomic E-state index is 6.83. The quantitative estimate of drug-likeness (QED) is 0.191. The standard InChI is InChI=1S/C51H32N4OS/c1-3-13-31(14-4-1)49-52-50(32-15-5-2-6-16-32)54-51(53-49)34-25-27-38-39-20-11-19-35(48(39)56-44(38)30-34)33-26-28-45-40(29-33)47-43(23-12-24-46(47)57-45)55-41-21-9-7-17-36(41)37-18-8-10-22-42(37)55/h1-30,49H,(H,52,53,54). The van der Waals surface area contributed by atoms with Crippen LogP contribution in [0.25, 0.3) is 80.7 Å². The number of aromatic nitrogens is 1. The summed E-state index contributed by atoms with van der Waals surface area (Å²) in [6.45, 7) is 0. The summed E-state index contributed by atoms with van der Waals surface area (Å²) in [6, 6.07) is 64.3. The molecule has 1 aliphatic heterocycles. The number of furan rings is 1. The molecule has 57 heavy (non-hydrogen) atoms. The Morgan fingerprint density at radius 2 is 1.23 bits per heavy atom. The lowest BCUT2D eigenvalue weighted by Gasteiger charge is -2.23. The third kappa shape index (κ3) is 5.08. The zero-order valence-corrected chi connectivity index (χ0v) is 31.4. The van der Waals surface area contributed by atoms with E-state index in [-0.39, 0.29) is 6.17 Å². The highest BCUT2D eigenvalue weighted by Gasteiger charge is 2.23. The normalized spacial score (nSPS) is 14.5. The van der Waals surface area contributed by atoms with Crippen LogP contribution >= 0.6 is 11.3 Å². The first-order chi connectivity index (χ1) is 28.2. The molecular weight excluding hydrogens is 717 g/mol. The SMILES string of the molecule is c1ccc(C2=NC(c3ccc4c(c3)oc3c(-c5ccc6sc7cccc(-n8c9ccccc9c9ccccc98)c7c6c5)cccc34)=NC(c3ccccc3)N2)cc1. The molecule has 4 heterocycles. The molecule has 1 unspecified atom stereocenters. The van der Waals surface area contributed by atoms with Crippen LogP contribution in [-0.2, 0) is 0 Å². The van der Waals surface area contributed by atoms with Gasteiger partial charge in [-0.05, 0) is 59.7 Å². The van der Waals surface area contributed by atoms with Gasteiger partial charge >= 0.3 is 0 Å². The van der Waals surface area contributed by atoms with Gasteiger partial charge in [0.25, 0.3) is 0 Å². The molecule has 0 radical (unpaired) electrons. The number of amidine groups is 2. The van der Waals surface area contributed by atoms with Gasteiger partial charge in [0.2, 0.25) is 0 Å². The summed E-state index contributed by atoms with van der Waals surface area (Å²) in [4.78, 5) is 10.2. The van der Waals surface area contributed by atoms with Crippen molar-refractivity contribution in [3.63, 3.8) is 0 Å². The molecule has 268 valence electrons. The number of thiophene rings is 1. The molecule has 1 aliphatic rings. The summed E-state index contributed by atoms with van der Waals surface area (Å²) in [5, 5.41) is 10.7. The van der Waals surface area contributed by atoms with Crippen LogP contribution < -0.4 is 5.32 Å². The summed E-state index contributed by atoms with van der Waals surface area (Å²) in [7, 11) is 0. The van der Waals surface area contributed by atoms with Crippen LogP contribution in [0.15, 0.2) is 196 Å². The van der Waals surface area contributed by atoms with Crippen LogP contribution in [0, 0.1) is 0 Å². The molecule has 11 aromatic rings. The number of benzene rings is 8.